The van der Waals surface area contributed by atoms with Gasteiger partial charge in [0.05, 0.1) is 0 Å². The summed E-state index contributed by atoms with van der Waals surface area (Å²) in [5.74, 6) is 0.839. The number of nitrogens with zero attached hydrogens (tertiary/aromatic N) is 2. The molecule has 0 spiro atoms. The van der Waals surface area contributed by atoms with Crippen LogP contribution in [0.3, 0.4) is 0 Å². The van der Waals surface area contributed by atoms with E-state index in [0.29, 0.717) is 0 Å². The van der Waals surface area contributed by atoms with Crippen molar-refractivity contribution in [2.24, 2.45) is 11.7 Å². The highest BCUT2D eigenvalue weighted by Crippen LogP contribution is 2.20. The van der Waals surface area contributed by atoms with Gasteiger partial charge in [0.15, 0.2) is 0 Å². The van der Waals surface area contributed by atoms with E-state index in [-0.39, 0.29) is 11.8 Å². The number of primary amides is 1. The Balaban J connectivity index is 2.25. The molecule has 2 rings (SSSR count). The van der Waals surface area contributed by atoms with Crippen molar-refractivity contribution in [3.05, 3.63) is 17.7 Å². The molecule has 1 aliphatic rings. The smallest absolute Gasteiger partial charge is 0.220 e. The number of carbonyl (C=O) groups excluding carboxylic acids is 1. The van der Waals surface area contributed by atoms with E-state index in [4.69, 9.17) is 5.73 Å². The minimum Gasteiger partial charge on any atom is -0.369 e. The van der Waals surface area contributed by atoms with E-state index in [1.54, 1.807) is 0 Å². The Labute approximate surface area is 76.8 Å². The van der Waals surface area contributed by atoms with Crippen molar-refractivity contribution in [2.45, 2.75) is 26.3 Å². The number of fused-ring (bicyclic) bond motifs is 1. The van der Waals surface area contributed by atoms with Gasteiger partial charge in [0.25, 0.3) is 0 Å². The Bertz CT molecular complexity index is 343. The standard InChI is InChI=1S/C9H13N3O/c1-6-11-5-8-4-7(9(10)13)2-3-12(6)8/h5,7H,2-4H2,1H3,(H2,10,13). The molecule has 13 heavy (non-hydrogen) atoms. The summed E-state index contributed by atoms with van der Waals surface area (Å²) in [7, 11) is 0. The number of hydrogen-bond donors (Lipinski definition) is 1. The maximum absolute atomic E-state index is 11.0. The summed E-state index contributed by atoms with van der Waals surface area (Å²) >= 11 is 0. The van der Waals surface area contributed by atoms with Crippen LogP contribution in [0.5, 0.6) is 0 Å². The van der Waals surface area contributed by atoms with Gasteiger partial charge in [-0.2, -0.15) is 0 Å². The maximum Gasteiger partial charge on any atom is 0.220 e. The van der Waals surface area contributed by atoms with E-state index in [2.05, 4.69) is 9.55 Å². The summed E-state index contributed by atoms with van der Waals surface area (Å²) in [6, 6.07) is 0. The Morgan fingerprint density at radius 3 is 3.23 bits per heavy atom. The van der Waals surface area contributed by atoms with Crippen molar-refractivity contribution >= 4 is 5.91 Å². The first-order chi connectivity index (χ1) is 6.18. The van der Waals surface area contributed by atoms with Gasteiger partial charge in [-0.15, -0.1) is 0 Å². The molecule has 2 N–H and O–H groups in total. The third-order valence-electron chi connectivity index (χ3n) is 2.70. The van der Waals surface area contributed by atoms with E-state index in [1.165, 1.54) is 0 Å². The number of imidazole rings is 1. The van der Waals surface area contributed by atoms with E-state index in [1.807, 2.05) is 13.1 Å². The molecule has 1 aliphatic heterocycles. The highest BCUT2D eigenvalue weighted by molar-refractivity contribution is 5.77. The van der Waals surface area contributed by atoms with Crippen molar-refractivity contribution in [2.75, 3.05) is 0 Å². The molecule has 0 saturated carbocycles. The zero-order chi connectivity index (χ0) is 9.42. The number of nitrogens with two attached hydrogens (primary N) is 1. The topological polar surface area (TPSA) is 60.9 Å². The second-order valence-electron chi connectivity index (χ2n) is 3.54. The third-order valence-corrected chi connectivity index (χ3v) is 2.70. The summed E-state index contributed by atoms with van der Waals surface area (Å²) in [6.07, 6.45) is 3.43. The zero-order valence-corrected chi connectivity index (χ0v) is 7.66. The van der Waals surface area contributed by atoms with Gasteiger partial charge >= 0.3 is 0 Å². The molecule has 70 valence electrons. The van der Waals surface area contributed by atoms with Gasteiger partial charge in [-0.05, 0) is 13.3 Å². The van der Waals surface area contributed by atoms with Gasteiger partial charge in [-0.1, -0.05) is 0 Å². The van der Waals surface area contributed by atoms with Crippen LogP contribution < -0.4 is 5.73 Å². The lowest BCUT2D eigenvalue weighted by Gasteiger charge is -2.21. The highest BCUT2D eigenvalue weighted by Gasteiger charge is 2.23. The van der Waals surface area contributed by atoms with Gasteiger partial charge in [0, 0.05) is 30.8 Å². The number of rotatable bonds is 1. The number of aromatic nitrogens is 2. The molecule has 0 fully saturated rings. The largest absolute Gasteiger partial charge is 0.369 e. The summed E-state index contributed by atoms with van der Waals surface area (Å²) in [5.41, 5.74) is 6.39. The van der Waals surface area contributed by atoms with Crippen LogP contribution in [0.1, 0.15) is 17.9 Å². The minimum absolute atomic E-state index is 0.00333. The summed E-state index contributed by atoms with van der Waals surface area (Å²) in [4.78, 5) is 15.2. The molecular formula is C9H13N3O. The lowest BCUT2D eigenvalue weighted by molar-refractivity contribution is -0.122. The van der Waals surface area contributed by atoms with Crippen molar-refractivity contribution in [3.8, 4) is 0 Å². The second-order valence-corrected chi connectivity index (χ2v) is 3.54. The summed E-state index contributed by atoms with van der Waals surface area (Å²) in [5, 5.41) is 0. The van der Waals surface area contributed by atoms with Crippen LogP contribution in [0.15, 0.2) is 6.20 Å². The fourth-order valence-electron chi connectivity index (χ4n) is 1.87. The lowest BCUT2D eigenvalue weighted by Crippen LogP contribution is -2.30. The molecule has 2 heterocycles. The molecule has 1 amide bonds. The number of hydrogen-bond acceptors (Lipinski definition) is 2. The number of amides is 1. The van der Waals surface area contributed by atoms with Gasteiger partial charge in [-0.3, -0.25) is 4.79 Å². The average Bonchev–Trinajstić information content (AvgIpc) is 2.47. The molecule has 4 nitrogen and oxygen atoms in total. The van der Waals surface area contributed by atoms with E-state index >= 15 is 0 Å². The molecular weight excluding hydrogens is 166 g/mol. The van der Waals surface area contributed by atoms with Gasteiger partial charge < -0.3 is 10.3 Å². The predicted octanol–water partition coefficient (Wildman–Crippen LogP) is 0.239. The molecule has 1 atom stereocenters. The normalized spacial score (nSPS) is 21.2. The quantitative estimate of drug-likeness (QED) is 0.671. The van der Waals surface area contributed by atoms with Gasteiger partial charge in [0.1, 0.15) is 5.82 Å². The number of aryl methyl sites for hydroxylation is 1. The third kappa shape index (κ3) is 1.32. The molecule has 0 radical (unpaired) electrons. The molecule has 0 aromatic carbocycles. The van der Waals surface area contributed by atoms with Crippen molar-refractivity contribution in [3.63, 3.8) is 0 Å². The van der Waals surface area contributed by atoms with Crippen molar-refractivity contribution in [1.29, 1.82) is 0 Å². The molecule has 0 aliphatic carbocycles. The van der Waals surface area contributed by atoms with Crippen LogP contribution in [0.25, 0.3) is 0 Å². The first kappa shape index (κ1) is 8.29. The molecule has 0 bridgehead atoms. The Morgan fingerprint density at radius 2 is 2.54 bits per heavy atom. The van der Waals surface area contributed by atoms with Gasteiger partial charge in [-0.25, -0.2) is 4.98 Å². The van der Waals surface area contributed by atoms with Crippen LogP contribution in [-0.4, -0.2) is 15.5 Å². The van der Waals surface area contributed by atoms with Crippen molar-refractivity contribution < 1.29 is 4.79 Å². The lowest BCUT2D eigenvalue weighted by atomic mass is 9.96. The predicted molar refractivity (Wildman–Crippen MR) is 48.0 cm³/mol. The molecule has 4 heteroatoms. The van der Waals surface area contributed by atoms with Crippen LogP contribution in [0.4, 0.5) is 0 Å². The monoisotopic (exact) mass is 179 g/mol. The Morgan fingerprint density at radius 1 is 1.77 bits per heavy atom. The summed E-state index contributed by atoms with van der Waals surface area (Å²) < 4.78 is 2.15. The molecule has 1 aromatic rings. The Kier molecular flexibility index (Phi) is 1.83. The van der Waals surface area contributed by atoms with Crippen LogP contribution in [-0.2, 0) is 17.8 Å². The van der Waals surface area contributed by atoms with Gasteiger partial charge in [0.2, 0.25) is 5.91 Å². The average molecular weight is 179 g/mol. The minimum atomic E-state index is -0.190. The van der Waals surface area contributed by atoms with Crippen LogP contribution in [0, 0.1) is 12.8 Å². The first-order valence-electron chi connectivity index (χ1n) is 4.49. The van der Waals surface area contributed by atoms with E-state index in [9.17, 15) is 4.79 Å². The van der Waals surface area contributed by atoms with Crippen LogP contribution >= 0.6 is 0 Å². The Hall–Kier alpha value is -1.32. The maximum atomic E-state index is 11.0. The zero-order valence-electron chi connectivity index (χ0n) is 7.66. The molecule has 1 unspecified atom stereocenters. The van der Waals surface area contributed by atoms with Crippen molar-refractivity contribution in [1.82, 2.24) is 9.55 Å². The SMILES string of the molecule is Cc1ncc2n1CCC(C(N)=O)C2. The second kappa shape index (κ2) is 2.87. The highest BCUT2D eigenvalue weighted by atomic mass is 16.1. The van der Waals surface area contributed by atoms with Crippen LogP contribution in [0.2, 0.25) is 0 Å². The van der Waals surface area contributed by atoms with E-state index in [0.717, 1.165) is 30.9 Å². The number of carbonyl (C=O) groups is 1. The first-order valence-corrected chi connectivity index (χ1v) is 4.49. The van der Waals surface area contributed by atoms with E-state index < -0.39 is 0 Å². The molecule has 1 aromatic heterocycles. The molecule has 0 saturated heterocycles. The summed E-state index contributed by atoms with van der Waals surface area (Å²) in [6.45, 7) is 2.85. The fourth-order valence-corrected chi connectivity index (χ4v) is 1.87. The fraction of sp³-hybridized carbons (Fsp3) is 0.556.